The maximum Gasteiger partial charge on any atom is 0.331 e. The molecule has 0 aliphatic rings. The van der Waals surface area contributed by atoms with Crippen molar-refractivity contribution in [3.05, 3.63) is 41.7 Å². The van der Waals surface area contributed by atoms with Gasteiger partial charge in [-0.2, -0.15) is 0 Å². The molecule has 0 bridgehead atoms. The molecule has 8 heteroatoms. The summed E-state index contributed by atoms with van der Waals surface area (Å²) in [5.74, 6) is 0. The van der Waals surface area contributed by atoms with Crippen molar-refractivity contribution in [3.63, 3.8) is 0 Å². The Balaban J connectivity index is 2.70. The first-order valence-electron chi connectivity index (χ1n) is 8.51. The van der Waals surface area contributed by atoms with Crippen LogP contribution in [0.4, 0.5) is 0 Å². The van der Waals surface area contributed by atoms with Gasteiger partial charge in [0.25, 0.3) is 11.1 Å². The van der Waals surface area contributed by atoms with Crippen molar-refractivity contribution in [1.82, 2.24) is 19.1 Å². The molecule has 132 valence electrons. The number of nitrogens with one attached hydrogen (secondary N) is 2. The van der Waals surface area contributed by atoms with Crippen LogP contribution in [0.2, 0.25) is 0 Å². The van der Waals surface area contributed by atoms with E-state index in [-0.39, 0.29) is 17.6 Å². The molecule has 0 fully saturated rings. The minimum atomic E-state index is -0.747. The highest BCUT2D eigenvalue weighted by atomic mass is 16.2. The van der Waals surface area contributed by atoms with Crippen LogP contribution in [0.15, 0.2) is 19.2 Å². The van der Waals surface area contributed by atoms with Crippen LogP contribution in [0.1, 0.15) is 52.4 Å². The van der Waals surface area contributed by atoms with E-state index in [9.17, 15) is 19.2 Å². The number of rotatable bonds is 8. The maximum absolute atomic E-state index is 12.7. The van der Waals surface area contributed by atoms with E-state index in [1.165, 1.54) is 4.57 Å². The van der Waals surface area contributed by atoms with Gasteiger partial charge in [-0.3, -0.25) is 23.7 Å². The summed E-state index contributed by atoms with van der Waals surface area (Å²) in [6.45, 7) is 4.69. The van der Waals surface area contributed by atoms with Gasteiger partial charge in [0.2, 0.25) is 0 Å². The summed E-state index contributed by atoms with van der Waals surface area (Å²) in [6.07, 6.45) is 5.14. The molecule has 0 amide bonds. The van der Waals surface area contributed by atoms with Crippen LogP contribution < -0.4 is 22.5 Å². The van der Waals surface area contributed by atoms with Crippen molar-refractivity contribution in [3.8, 4) is 0 Å². The summed E-state index contributed by atoms with van der Waals surface area (Å²) < 4.78 is 2.44. The van der Waals surface area contributed by atoms with E-state index in [0.29, 0.717) is 13.0 Å². The minimum Gasteiger partial charge on any atom is -0.301 e. The number of aromatic nitrogens is 4. The van der Waals surface area contributed by atoms with Crippen molar-refractivity contribution in [2.75, 3.05) is 0 Å². The Morgan fingerprint density at radius 3 is 1.96 bits per heavy atom. The predicted molar refractivity (Wildman–Crippen MR) is 92.8 cm³/mol. The number of aromatic amines is 2. The molecule has 0 aromatic carbocycles. The second-order valence-electron chi connectivity index (χ2n) is 5.94. The molecule has 2 aromatic rings. The highest BCUT2D eigenvalue weighted by molar-refractivity contribution is 5.71. The summed E-state index contributed by atoms with van der Waals surface area (Å²) in [7, 11) is 0. The van der Waals surface area contributed by atoms with Crippen molar-refractivity contribution < 1.29 is 0 Å². The van der Waals surface area contributed by atoms with E-state index < -0.39 is 22.5 Å². The third kappa shape index (κ3) is 3.58. The normalized spacial score (nSPS) is 11.2. The molecular weight excluding hydrogens is 312 g/mol. The van der Waals surface area contributed by atoms with Crippen LogP contribution >= 0.6 is 0 Å². The number of unbranched alkanes of at least 4 members (excludes halogenated alkanes) is 4. The van der Waals surface area contributed by atoms with E-state index >= 15 is 0 Å². The molecular formula is C16H24N4O4. The fourth-order valence-corrected chi connectivity index (χ4v) is 2.80. The first-order chi connectivity index (χ1) is 11.5. The zero-order chi connectivity index (χ0) is 17.7. The average Bonchev–Trinajstić information content (AvgIpc) is 2.54. The lowest BCUT2D eigenvalue weighted by molar-refractivity contribution is 0.516. The van der Waals surface area contributed by atoms with Gasteiger partial charge in [0, 0.05) is 13.1 Å². The number of hydrogen-bond donors (Lipinski definition) is 2. The molecule has 0 radical (unpaired) electrons. The maximum atomic E-state index is 12.7. The largest absolute Gasteiger partial charge is 0.331 e. The lowest BCUT2D eigenvalue weighted by atomic mass is 10.2. The van der Waals surface area contributed by atoms with Gasteiger partial charge in [0.15, 0.2) is 0 Å². The lowest BCUT2D eigenvalue weighted by Gasteiger charge is -2.13. The summed E-state index contributed by atoms with van der Waals surface area (Å²) in [4.78, 5) is 53.4. The third-order valence-electron chi connectivity index (χ3n) is 4.08. The molecule has 0 saturated heterocycles. The van der Waals surface area contributed by atoms with E-state index in [2.05, 4.69) is 9.97 Å². The Morgan fingerprint density at radius 1 is 0.792 bits per heavy atom. The standard InChI is InChI=1S/C16H24N4O4/c1-3-5-7-9-19-12-11(17-15(23)18-13(12)21)14(22)20(16(19)24)10-8-6-4-2/h3-10H2,1-2H3,(H2,17,18,21,23). The van der Waals surface area contributed by atoms with Gasteiger partial charge >= 0.3 is 11.4 Å². The Morgan fingerprint density at radius 2 is 1.38 bits per heavy atom. The Labute approximate surface area is 138 Å². The summed E-state index contributed by atoms with van der Waals surface area (Å²) in [5.41, 5.74) is -2.70. The first-order valence-corrected chi connectivity index (χ1v) is 8.51. The molecule has 2 N–H and O–H groups in total. The molecule has 0 aliphatic carbocycles. The fourth-order valence-electron chi connectivity index (χ4n) is 2.80. The molecule has 2 rings (SSSR count). The molecule has 0 atom stereocenters. The second kappa shape index (κ2) is 7.94. The Bertz CT molecular complexity index is 932. The average molecular weight is 336 g/mol. The van der Waals surface area contributed by atoms with E-state index in [4.69, 9.17) is 0 Å². The lowest BCUT2D eigenvalue weighted by Crippen LogP contribution is -2.43. The number of H-pyrrole nitrogens is 2. The van der Waals surface area contributed by atoms with Crippen LogP contribution in [0.25, 0.3) is 11.0 Å². The van der Waals surface area contributed by atoms with Crippen LogP contribution in [-0.4, -0.2) is 19.1 Å². The fraction of sp³-hybridized carbons (Fsp3) is 0.625. The predicted octanol–water partition coefficient (Wildman–Crippen LogP) is 0.920. The molecule has 2 aromatic heterocycles. The Hall–Kier alpha value is -2.38. The van der Waals surface area contributed by atoms with E-state index in [1.54, 1.807) is 0 Å². The molecule has 0 aliphatic heterocycles. The van der Waals surface area contributed by atoms with Crippen LogP contribution in [0, 0.1) is 0 Å². The zero-order valence-corrected chi connectivity index (χ0v) is 14.2. The summed E-state index contributed by atoms with van der Waals surface area (Å²) in [6, 6.07) is 0. The third-order valence-corrected chi connectivity index (χ3v) is 4.08. The molecule has 24 heavy (non-hydrogen) atoms. The van der Waals surface area contributed by atoms with Crippen molar-refractivity contribution >= 4 is 11.0 Å². The SMILES string of the molecule is CCCCCn1c(=O)c2[nH]c(=O)[nH]c(=O)c2n(CCCCC)c1=O. The molecule has 8 nitrogen and oxygen atoms in total. The van der Waals surface area contributed by atoms with Crippen LogP contribution in [0.5, 0.6) is 0 Å². The smallest absolute Gasteiger partial charge is 0.301 e. The Kier molecular flexibility index (Phi) is 5.94. The summed E-state index contributed by atoms with van der Waals surface area (Å²) in [5, 5.41) is 0. The quantitative estimate of drug-likeness (QED) is 0.698. The molecule has 0 unspecified atom stereocenters. The first kappa shape index (κ1) is 18.0. The minimum absolute atomic E-state index is 0.0487. The number of hydrogen-bond acceptors (Lipinski definition) is 4. The topological polar surface area (TPSA) is 110 Å². The molecule has 0 spiro atoms. The van der Waals surface area contributed by atoms with Gasteiger partial charge in [-0.1, -0.05) is 39.5 Å². The van der Waals surface area contributed by atoms with E-state index in [0.717, 1.165) is 36.7 Å². The van der Waals surface area contributed by atoms with Crippen molar-refractivity contribution in [1.29, 1.82) is 0 Å². The highest BCUT2D eigenvalue weighted by Crippen LogP contribution is 2.03. The molecule has 0 saturated carbocycles. The highest BCUT2D eigenvalue weighted by Gasteiger charge is 2.16. The van der Waals surface area contributed by atoms with Gasteiger partial charge < -0.3 is 4.98 Å². The number of aryl methyl sites for hydroxylation is 1. The summed E-state index contributed by atoms with van der Waals surface area (Å²) >= 11 is 0. The van der Waals surface area contributed by atoms with E-state index in [1.807, 2.05) is 13.8 Å². The number of fused-ring (bicyclic) bond motifs is 1. The van der Waals surface area contributed by atoms with Gasteiger partial charge in [0.05, 0.1) is 0 Å². The second-order valence-corrected chi connectivity index (χ2v) is 5.94. The monoisotopic (exact) mass is 336 g/mol. The van der Waals surface area contributed by atoms with Crippen LogP contribution in [0.3, 0.4) is 0 Å². The van der Waals surface area contributed by atoms with Gasteiger partial charge in [-0.15, -0.1) is 0 Å². The van der Waals surface area contributed by atoms with Gasteiger partial charge in [-0.05, 0) is 12.8 Å². The van der Waals surface area contributed by atoms with Crippen molar-refractivity contribution in [2.45, 2.75) is 65.5 Å². The zero-order valence-electron chi connectivity index (χ0n) is 14.2. The van der Waals surface area contributed by atoms with Crippen LogP contribution in [-0.2, 0) is 13.1 Å². The van der Waals surface area contributed by atoms with Gasteiger partial charge in [0.1, 0.15) is 11.0 Å². The van der Waals surface area contributed by atoms with Crippen molar-refractivity contribution in [2.24, 2.45) is 0 Å². The van der Waals surface area contributed by atoms with Gasteiger partial charge in [-0.25, -0.2) is 9.59 Å². The molecule has 2 heterocycles. The number of nitrogens with zero attached hydrogens (tertiary/aromatic N) is 2.